The molecule has 0 amide bonds. The maximum absolute atomic E-state index is 13.2. The highest BCUT2D eigenvalue weighted by molar-refractivity contribution is 9.09. The molecule has 0 saturated heterocycles. The molecule has 0 N–H and O–H groups in total. The van der Waals surface area contributed by atoms with Crippen LogP contribution < -0.4 is 0 Å². The number of alkyl halides is 2. The molecule has 15 heavy (non-hydrogen) atoms. The lowest BCUT2D eigenvalue weighted by Gasteiger charge is -2.25. The largest absolute Gasteiger partial charge is 0.205 e. The maximum atomic E-state index is 13.2. The van der Waals surface area contributed by atoms with Crippen molar-refractivity contribution in [1.29, 1.82) is 0 Å². The van der Waals surface area contributed by atoms with Gasteiger partial charge < -0.3 is 0 Å². The average Bonchev–Trinajstić information content (AvgIpc) is 2.25. The Morgan fingerprint density at radius 2 is 1.93 bits per heavy atom. The number of benzene rings is 1. The number of halogens is 4. The first kappa shape index (κ1) is 13.5. The Balaban J connectivity index is 2.94. The topological polar surface area (TPSA) is 0 Å². The number of hydrogen-bond acceptors (Lipinski definition) is 0. The van der Waals surface area contributed by atoms with Gasteiger partial charge >= 0.3 is 0 Å². The fourth-order valence-electron chi connectivity index (χ4n) is 1.27. The van der Waals surface area contributed by atoms with Gasteiger partial charge in [0.1, 0.15) is 5.82 Å². The zero-order chi connectivity index (χ0) is 11.5. The average molecular weight is 358 g/mol. The second kappa shape index (κ2) is 5.65. The molecule has 0 spiro atoms. The summed E-state index contributed by atoms with van der Waals surface area (Å²) in [6.45, 7) is 2.12. The van der Waals surface area contributed by atoms with Crippen molar-refractivity contribution in [3.05, 3.63) is 34.6 Å². The minimum Gasteiger partial charge on any atom is -0.205 e. The van der Waals surface area contributed by atoms with Crippen LogP contribution in [0.3, 0.4) is 0 Å². The van der Waals surface area contributed by atoms with E-state index in [1.165, 1.54) is 6.07 Å². The molecule has 0 fully saturated rings. The highest BCUT2D eigenvalue weighted by Gasteiger charge is 2.23. The maximum Gasteiger partial charge on any atom is 0.142 e. The summed E-state index contributed by atoms with van der Waals surface area (Å²) in [6.07, 6.45) is 0.750. The van der Waals surface area contributed by atoms with Crippen LogP contribution in [0.2, 0.25) is 5.02 Å². The van der Waals surface area contributed by atoms with Crippen molar-refractivity contribution in [2.45, 2.75) is 13.3 Å². The van der Waals surface area contributed by atoms with Gasteiger partial charge in [0.05, 0.1) is 5.02 Å². The van der Waals surface area contributed by atoms with Crippen LogP contribution in [0, 0.1) is 11.2 Å². The van der Waals surface area contributed by atoms with Gasteiger partial charge in [-0.25, -0.2) is 4.39 Å². The van der Waals surface area contributed by atoms with Gasteiger partial charge in [0.2, 0.25) is 0 Å². The van der Waals surface area contributed by atoms with Gasteiger partial charge in [0, 0.05) is 10.7 Å². The molecule has 0 saturated carbocycles. The van der Waals surface area contributed by atoms with Gasteiger partial charge in [0.25, 0.3) is 0 Å². The molecule has 84 valence electrons. The Labute approximate surface area is 111 Å². The summed E-state index contributed by atoms with van der Waals surface area (Å²) in [5.74, 6) is -0.347. The summed E-state index contributed by atoms with van der Waals surface area (Å²) >= 11 is 12.8. The molecule has 0 aromatic heterocycles. The van der Waals surface area contributed by atoms with E-state index in [1.54, 1.807) is 6.07 Å². The summed E-state index contributed by atoms with van der Waals surface area (Å²) in [5, 5.41) is 1.93. The van der Waals surface area contributed by atoms with Gasteiger partial charge in [-0.05, 0) is 23.5 Å². The molecular weight excluding hydrogens is 346 g/mol. The fraction of sp³-hybridized carbons (Fsp3) is 0.455. The van der Waals surface area contributed by atoms with Crippen LogP contribution in [0.25, 0.3) is 0 Å². The lowest BCUT2D eigenvalue weighted by molar-refractivity contribution is 0.437. The first-order valence-electron chi connectivity index (χ1n) is 4.57. The van der Waals surface area contributed by atoms with Crippen molar-refractivity contribution < 1.29 is 4.39 Å². The normalized spacial score (nSPS) is 11.8. The van der Waals surface area contributed by atoms with Crippen LogP contribution in [0.5, 0.6) is 0 Å². The summed E-state index contributed by atoms with van der Waals surface area (Å²) in [7, 11) is 0. The Hall–Kier alpha value is 0.400. The lowest BCUT2D eigenvalue weighted by atomic mass is 9.88. The predicted octanol–water partition coefficient (Wildman–Crippen LogP) is 4.82. The van der Waals surface area contributed by atoms with Gasteiger partial charge in [0.15, 0.2) is 0 Å². The van der Waals surface area contributed by atoms with E-state index in [2.05, 4.69) is 38.8 Å². The van der Waals surface area contributed by atoms with Crippen molar-refractivity contribution in [2.75, 3.05) is 10.7 Å². The lowest BCUT2D eigenvalue weighted by Crippen LogP contribution is -2.23. The molecule has 1 aromatic rings. The van der Waals surface area contributed by atoms with E-state index < -0.39 is 0 Å². The predicted molar refractivity (Wildman–Crippen MR) is 70.8 cm³/mol. The molecule has 0 heterocycles. The molecule has 0 nitrogen and oxygen atoms in total. The Morgan fingerprint density at radius 3 is 2.47 bits per heavy atom. The van der Waals surface area contributed by atoms with Crippen LogP contribution in [0.4, 0.5) is 4.39 Å². The van der Waals surface area contributed by atoms with Crippen molar-refractivity contribution in [2.24, 2.45) is 5.41 Å². The van der Waals surface area contributed by atoms with Crippen LogP contribution in [-0.2, 0) is 6.42 Å². The summed E-state index contributed by atoms with van der Waals surface area (Å²) in [5.41, 5.74) is 0.912. The third kappa shape index (κ3) is 3.43. The molecule has 0 aliphatic heterocycles. The molecule has 0 atom stereocenters. The van der Waals surface area contributed by atoms with Crippen LogP contribution in [-0.4, -0.2) is 10.7 Å². The molecule has 0 unspecified atom stereocenters. The first-order chi connectivity index (χ1) is 7.02. The van der Waals surface area contributed by atoms with Crippen molar-refractivity contribution in [1.82, 2.24) is 0 Å². The Morgan fingerprint density at radius 1 is 1.33 bits per heavy atom. The standard InChI is InChI=1S/C11H12Br2ClF/c1-11(6-12,7-13)5-8-3-2-4-9(15)10(8)14/h2-4H,5-7H2,1H3. The molecule has 1 rings (SSSR count). The zero-order valence-electron chi connectivity index (χ0n) is 8.37. The zero-order valence-corrected chi connectivity index (χ0v) is 12.3. The Bertz CT molecular complexity index is 337. The van der Waals surface area contributed by atoms with Gasteiger partial charge in [-0.2, -0.15) is 0 Å². The second-order valence-electron chi connectivity index (χ2n) is 3.97. The van der Waals surface area contributed by atoms with E-state index in [9.17, 15) is 4.39 Å². The number of rotatable bonds is 4. The van der Waals surface area contributed by atoms with Crippen molar-refractivity contribution in [3.63, 3.8) is 0 Å². The molecule has 1 aromatic carbocycles. The second-order valence-corrected chi connectivity index (χ2v) is 5.47. The SMILES string of the molecule is CC(CBr)(CBr)Cc1cccc(F)c1Cl. The van der Waals surface area contributed by atoms with Gasteiger partial charge in [-0.1, -0.05) is 62.5 Å². The third-order valence-electron chi connectivity index (χ3n) is 2.29. The molecule has 0 radical (unpaired) electrons. The van der Waals surface area contributed by atoms with Gasteiger partial charge in [-0.3, -0.25) is 0 Å². The summed E-state index contributed by atoms with van der Waals surface area (Å²) in [6, 6.07) is 4.94. The Kier molecular flexibility index (Phi) is 5.07. The minimum absolute atomic E-state index is 0.0530. The molecule has 0 aliphatic rings. The molecular formula is C11H12Br2ClF. The molecule has 4 heteroatoms. The van der Waals surface area contributed by atoms with Gasteiger partial charge in [-0.15, -0.1) is 0 Å². The van der Waals surface area contributed by atoms with Crippen molar-refractivity contribution in [3.8, 4) is 0 Å². The highest BCUT2D eigenvalue weighted by Crippen LogP contribution is 2.31. The summed E-state index contributed by atoms with van der Waals surface area (Å²) < 4.78 is 13.2. The number of hydrogen-bond donors (Lipinski definition) is 0. The molecule has 0 aliphatic carbocycles. The minimum atomic E-state index is -0.347. The highest BCUT2D eigenvalue weighted by atomic mass is 79.9. The van der Waals surface area contributed by atoms with E-state index >= 15 is 0 Å². The van der Waals surface area contributed by atoms with E-state index in [0.717, 1.165) is 22.6 Å². The van der Waals surface area contributed by atoms with Crippen LogP contribution in [0.1, 0.15) is 12.5 Å². The van der Waals surface area contributed by atoms with E-state index in [4.69, 9.17) is 11.6 Å². The molecule has 0 bridgehead atoms. The summed E-state index contributed by atoms with van der Waals surface area (Å²) in [4.78, 5) is 0. The van der Waals surface area contributed by atoms with E-state index in [1.807, 2.05) is 6.07 Å². The van der Waals surface area contributed by atoms with Crippen LogP contribution >= 0.6 is 43.5 Å². The quantitative estimate of drug-likeness (QED) is 0.677. The monoisotopic (exact) mass is 356 g/mol. The van der Waals surface area contributed by atoms with E-state index in [0.29, 0.717) is 0 Å². The van der Waals surface area contributed by atoms with E-state index in [-0.39, 0.29) is 16.3 Å². The van der Waals surface area contributed by atoms with Crippen LogP contribution in [0.15, 0.2) is 18.2 Å². The smallest absolute Gasteiger partial charge is 0.142 e. The fourth-order valence-corrected chi connectivity index (χ4v) is 2.79. The third-order valence-corrected chi connectivity index (χ3v) is 5.42. The first-order valence-corrected chi connectivity index (χ1v) is 7.19. The van der Waals surface area contributed by atoms with Crippen molar-refractivity contribution >= 4 is 43.5 Å².